The molecular weight excluding hydrogens is 113 g/mol. The van der Waals surface area contributed by atoms with Crippen LogP contribution in [0.3, 0.4) is 0 Å². The van der Waals surface area contributed by atoms with Crippen LogP contribution in [0.25, 0.3) is 0 Å². The summed E-state index contributed by atoms with van der Waals surface area (Å²) in [6.45, 7) is 2.65. The Morgan fingerprint density at radius 1 is 1.83 bits per heavy atom. The lowest BCUT2D eigenvalue weighted by Crippen LogP contribution is -1.73. The highest BCUT2D eigenvalue weighted by atomic mass is 32.7. The summed E-state index contributed by atoms with van der Waals surface area (Å²) in [6.07, 6.45) is 1.62. The third-order valence-corrected chi connectivity index (χ3v) is 1.12. The lowest BCUT2D eigenvalue weighted by molar-refractivity contribution is 2.04. The molecule has 0 aromatic carbocycles. The fourth-order valence-corrected chi connectivity index (χ4v) is 0.570. The maximum atomic E-state index is 5.16. The van der Waals surface area contributed by atoms with Gasteiger partial charge in [0.25, 0.3) is 0 Å². The van der Waals surface area contributed by atoms with Crippen LogP contribution < -0.4 is 5.50 Å². The lowest BCUT2D eigenvalue weighted by Gasteiger charge is -1.77. The highest BCUT2D eigenvalue weighted by molar-refractivity contribution is 8.31. The van der Waals surface area contributed by atoms with Crippen LogP contribution >= 0.6 is 6.90 Å². The van der Waals surface area contributed by atoms with Gasteiger partial charge in [-0.2, -0.15) is 5.50 Å². The molecule has 34 valence electrons. The second-order valence-corrected chi connectivity index (χ2v) is 3.03. The normalized spacial score (nSPS) is 11.3. The van der Waals surface area contributed by atoms with E-state index in [0.29, 0.717) is 0 Å². The van der Waals surface area contributed by atoms with Gasteiger partial charge in [-0.05, 0) is 6.08 Å². The molecule has 0 fully saturated rings. The van der Waals surface area contributed by atoms with Crippen LogP contribution in [0.5, 0.6) is 0 Å². The molecule has 0 saturated heterocycles. The molecule has 3 heteroatoms. The molecule has 1 atom stereocenters. The summed E-state index contributed by atoms with van der Waals surface area (Å²) < 4.78 is 0. The van der Waals surface area contributed by atoms with Crippen LogP contribution in [-0.4, -0.2) is 5.80 Å². The van der Waals surface area contributed by atoms with E-state index in [0.717, 1.165) is 0 Å². The maximum absolute atomic E-state index is 5.16. The number of hydrogen-bond acceptors (Lipinski definition) is 2. The molecule has 0 aliphatic heterocycles. The van der Waals surface area contributed by atoms with Crippen LogP contribution in [-0.2, 0) is 12.2 Å². The summed E-state index contributed by atoms with van der Waals surface area (Å²) in [5, 5.41) is 0. The van der Waals surface area contributed by atoms with Gasteiger partial charge in [-0.15, -0.1) is 0 Å². The monoisotopic (exact) mass is 119 g/mol. The molecule has 0 amide bonds. The summed E-state index contributed by atoms with van der Waals surface area (Å²) >= 11 is 4.59. The third kappa shape index (κ3) is 4.22. The highest BCUT2D eigenvalue weighted by Crippen LogP contribution is 2.00. The van der Waals surface area contributed by atoms with E-state index in [2.05, 4.69) is 18.8 Å². The Morgan fingerprint density at radius 3 is 2.33 bits per heavy atom. The van der Waals surface area contributed by atoms with E-state index in [-0.39, 0.29) is 0 Å². The zero-order chi connectivity index (χ0) is 4.99. The van der Waals surface area contributed by atoms with E-state index in [1.165, 1.54) is 0 Å². The maximum Gasteiger partial charge on any atom is 0.104 e. The standard InChI is InChI=1S/C3H6NPS/c1-2-3-5(4)6/h2-3H,1,4H2. The van der Waals surface area contributed by atoms with Gasteiger partial charge in [-0.3, -0.25) is 0 Å². The molecule has 0 aliphatic rings. The van der Waals surface area contributed by atoms with Crippen molar-refractivity contribution in [2.75, 3.05) is 0 Å². The van der Waals surface area contributed by atoms with E-state index >= 15 is 0 Å². The Bertz CT molecular complexity index is 74.9. The average Bonchev–Trinajstić information content (AvgIpc) is 1.35. The molecule has 0 saturated carbocycles. The fourth-order valence-electron chi connectivity index (χ4n) is 0.104. The van der Waals surface area contributed by atoms with Crippen molar-refractivity contribution in [1.82, 2.24) is 0 Å². The van der Waals surface area contributed by atoms with Crippen molar-refractivity contribution in [2.45, 2.75) is 0 Å². The Balaban J connectivity index is 3.41. The van der Waals surface area contributed by atoms with Crippen molar-refractivity contribution < 1.29 is 0 Å². The summed E-state index contributed by atoms with van der Waals surface area (Å²) in [5.41, 5.74) is 5.16. The number of nitrogens with two attached hydrogens (primary N) is 1. The Morgan fingerprint density at radius 2 is 2.33 bits per heavy atom. The van der Waals surface area contributed by atoms with Crippen molar-refractivity contribution in [3.63, 3.8) is 0 Å². The average molecular weight is 119 g/mol. The van der Waals surface area contributed by atoms with Gasteiger partial charge in [0.1, 0.15) is 5.80 Å². The number of hydrogen-bond donors (Lipinski definition) is 1. The minimum Gasteiger partial charge on any atom is -0.471 e. The van der Waals surface area contributed by atoms with E-state index in [1.54, 1.807) is 11.9 Å². The second kappa shape index (κ2) is 3.41. The third-order valence-electron chi connectivity index (χ3n) is 0.252. The van der Waals surface area contributed by atoms with E-state index in [4.69, 9.17) is 5.50 Å². The first-order valence-corrected chi connectivity index (χ1v) is 3.93. The predicted molar refractivity (Wildman–Crippen MR) is 34.7 cm³/mol. The van der Waals surface area contributed by atoms with Crippen LogP contribution in [0.2, 0.25) is 0 Å². The molecule has 0 aromatic heterocycles. The van der Waals surface area contributed by atoms with Crippen molar-refractivity contribution in [3.05, 3.63) is 12.7 Å². The van der Waals surface area contributed by atoms with E-state index in [1.807, 2.05) is 0 Å². The number of rotatable bonds is 1. The van der Waals surface area contributed by atoms with Crippen LogP contribution in [0.1, 0.15) is 0 Å². The Hall–Kier alpha value is 0.220. The van der Waals surface area contributed by atoms with E-state index in [9.17, 15) is 0 Å². The van der Waals surface area contributed by atoms with Gasteiger partial charge in [-0.25, -0.2) is 0 Å². The minimum absolute atomic E-state index is 0.760. The first-order chi connectivity index (χ1) is 2.77. The van der Waals surface area contributed by atoms with Crippen LogP contribution in [0.15, 0.2) is 12.7 Å². The van der Waals surface area contributed by atoms with Crippen molar-refractivity contribution in [3.8, 4) is 0 Å². The first kappa shape index (κ1) is 6.22. The highest BCUT2D eigenvalue weighted by Gasteiger charge is 1.66. The molecule has 0 aliphatic carbocycles. The van der Waals surface area contributed by atoms with Gasteiger partial charge < -0.3 is 12.2 Å². The molecule has 0 heterocycles. The van der Waals surface area contributed by atoms with Gasteiger partial charge in [0.15, 0.2) is 0 Å². The van der Waals surface area contributed by atoms with Gasteiger partial charge >= 0.3 is 0 Å². The smallest absolute Gasteiger partial charge is 0.104 e. The zero-order valence-electron chi connectivity index (χ0n) is 3.29. The summed E-state index contributed by atoms with van der Waals surface area (Å²) in [7, 11) is 0. The van der Waals surface area contributed by atoms with E-state index < -0.39 is 6.90 Å². The predicted octanol–water partition coefficient (Wildman–Crippen LogP) is 0.792. The van der Waals surface area contributed by atoms with Crippen molar-refractivity contribution >= 4 is 24.9 Å². The molecule has 2 N–H and O–H groups in total. The molecule has 6 heavy (non-hydrogen) atoms. The summed E-state index contributed by atoms with van der Waals surface area (Å²) in [6, 6.07) is 0. The van der Waals surface area contributed by atoms with Crippen molar-refractivity contribution in [2.24, 2.45) is 5.50 Å². The zero-order valence-corrected chi connectivity index (χ0v) is 5.01. The first-order valence-electron chi connectivity index (χ1n) is 1.44. The molecule has 1 nitrogen and oxygen atoms in total. The lowest BCUT2D eigenvalue weighted by atomic mass is 10.8. The molecule has 0 bridgehead atoms. The van der Waals surface area contributed by atoms with Crippen LogP contribution in [0.4, 0.5) is 0 Å². The molecule has 1 unspecified atom stereocenters. The minimum atomic E-state index is -0.760. The van der Waals surface area contributed by atoms with Gasteiger partial charge in [0.2, 0.25) is 0 Å². The second-order valence-electron chi connectivity index (χ2n) is 0.745. The molecular formula is C3H6NPS. The van der Waals surface area contributed by atoms with Gasteiger partial charge in [-0.1, -0.05) is 6.58 Å². The molecule has 0 spiro atoms. The van der Waals surface area contributed by atoms with Crippen LogP contribution in [0, 0.1) is 0 Å². The molecule has 0 rings (SSSR count). The largest absolute Gasteiger partial charge is 0.471 e. The summed E-state index contributed by atoms with van der Waals surface area (Å²) in [4.78, 5) is 0. The SMILES string of the molecule is C=CC=[P+](N)[S-]. The Labute approximate surface area is 43.8 Å². The topological polar surface area (TPSA) is 26.0 Å². The quantitative estimate of drug-likeness (QED) is 0.408. The fraction of sp³-hybridized carbons (Fsp3) is 0. The molecule has 0 aromatic rings. The van der Waals surface area contributed by atoms with Crippen molar-refractivity contribution in [1.29, 1.82) is 0 Å². The summed E-state index contributed by atoms with van der Waals surface area (Å²) in [5.74, 6) is 1.71. The molecule has 0 radical (unpaired) electrons. The van der Waals surface area contributed by atoms with Gasteiger partial charge in [0.05, 0.1) is 0 Å². The number of allylic oxidation sites excluding steroid dienone is 1. The van der Waals surface area contributed by atoms with Gasteiger partial charge in [0, 0.05) is 6.90 Å². The Kier molecular flexibility index (Phi) is 3.54.